The Kier molecular flexibility index (Phi) is 19.0. The summed E-state index contributed by atoms with van der Waals surface area (Å²) in [5.41, 5.74) is 9.68. The van der Waals surface area contributed by atoms with E-state index in [9.17, 15) is 0 Å². The fourth-order valence-corrected chi connectivity index (χ4v) is 12.4. The number of aromatic nitrogens is 8. The van der Waals surface area contributed by atoms with Crippen LogP contribution in [0.4, 0.5) is 22.7 Å². The molecule has 8 aromatic carbocycles. The van der Waals surface area contributed by atoms with Gasteiger partial charge >= 0.3 is 19.5 Å². The van der Waals surface area contributed by atoms with E-state index in [4.69, 9.17) is 48.9 Å². The first kappa shape index (κ1) is 66.5. The molecular formula is C76H82ClN12O4Zn+5. The van der Waals surface area contributed by atoms with Crippen molar-refractivity contribution in [3.8, 4) is 91.5 Å². The van der Waals surface area contributed by atoms with Crippen LogP contribution in [0, 0.1) is 0 Å². The van der Waals surface area contributed by atoms with Crippen LogP contribution in [0.5, 0.6) is 46.0 Å². The van der Waals surface area contributed by atoms with Crippen LogP contribution in [0.2, 0.25) is 0 Å². The number of nitrogens with one attached hydrogen (secondary N) is 2. The third-order valence-corrected chi connectivity index (χ3v) is 20.0. The van der Waals surface area contributed by atoms with E-state index in [0.717, 1.165) is 115 Å². The Bertz CT molecular complexity index is 4820. The second-order valence-corrected chi connectivity index (χ2v) is 24.9. The molecule has 5 heterocycles. The van der Waals surface area contributed by atoms with Crippen LogP contribution in [-0.4, -0.2) is 120 Å². The zero-order chi connectivity index (χ0) is 64.1. The predicted octanol–water partition coefficient (Wildman–Crippen LogP) is 14.9. The molecule has 0 saturated heterocycles. The molecule has 0 spiro atoms. The maximum absolute atomic E-state index is 7.12. The van der Waals surface area contributed by atoms with Gasteiger partial charge in [-0.1, -0.05) is 72.8 Å². The standard InChI is InChI=1S/C76H82N12O4.ClH.Zn/c1-13-85(9,14-2)49-29-25-33-53(41-49)89-65-45-61-63(47-67(65)91-55-35-27-31-51(43-55)87(11,17-5)18-6)75-82-73(61)80-71-59-39-23-21-37-57(59)69(78-71)77-70-58-38-22-24-40-60(58)72(79-70)81-74-62-46-66(90-54-34-26-30-50(42-54)86(10,15-3)16-4)68(48-64(62)76(83-74)84-75)92-56-36-28-32-52(44-56)88(12,19-7)20-8;;/h21-48H,13-20H2,1-12H3,(H2,77,78,79,80,81,82,83,84);1H;/q+4;;+2/p-1. The van der Waals surface area contributed by atoms with Crippen LogP contribution in [0.1, 0.15) is 55.4 Å². The van der Waals surface area contributed by atoms with Crippen LogP contribution in [-0.2, 0) is 19.5 Å². The summed E-state index contributed by atoms with van der Waals surface area (Å²) in [7, 11) is 8.98. The molecule has 0 radical (unpaired) electrons. The van der Waals surface area contributed by atoms with Gasteiger partial charge in [-0.3, -0.25) is 17.9 Å². The van der Waals surface area contributed by atoms with Crippen molar-refractivity contribution in [2.45, 2.75) is 55.4 Å². The summed E-state index contributed by atoms with van der Waals surface area (Å²) >= 11 is 0. The molecule has 13 rings (SSSR count). The van der Waals surface area contributed by atoms with Gasteiger partial charge in [-0.25, -0.2) is 29.9 Å². The summed E-state index contributed by atoms with van der Waals surface area (Å²) in [5.74, 6) is 6.33. The molecule has 2 N–H and O–H groups in total. The molecule has 474 valence electrons. The van der Waals surface area contributed by atoms with Crippen LogP contribution < -0.4 is 49.3 Å². The molecule has 8 bridgehead atoms. The Morgan fingerprint density at radius 2 is 0.543 bits per heavy atom. The zero-order valence-corrected chi connectivity index (χ0v) is 59.7. The molecule has 18 heteroatoms. The SMILES string of the molecule is CC[N+](C)(CC)c1cccc(Oc2cc3c(cc2Oc2cccc([N+](C)(CC)CC)c2)-c2nc-3nc3[nH]c(nc4nc(nc5[nH]c(n2)c2cc(Oc6cccc([N+](C)(CC)CC)c6)c(Oc6cccc([N+](C)(CC)CC)c6)cc52)-c2ccccc2-4)c2ccccc32)c1.[Cl-].[Zn+2]. The zero-order valence-electron chi connectivity index (χ0n) is 56.0. The van der Waals surface area contributed by atoms with Crippen molar-refractivity contribution in [3.05, 3.63) is 170 Å². The van der Waals surface area contributed by atoms with Crippen molar-refractivity contribution in [2.24, 2.45) is 0 Å². The Hall–Kier alpha value is -8.93. The summed E-state index contributed by atoms with van der Waals surface area (Å²) in [6.07, 6.45) is 0. The molecule has 16 nitrogen and oxygen atoms in total. The summed E-state index contributed by atoms with van der Waals surface area (Å²) < 4.78 is 31.4. The van der Waals surface area contributed by atoms with Crippen molar-refractivity contribution in [3.63, 3.8) is 0 Å². The molecule has 0 saturated carbocycles. The number of H-pyrrole nitrogens is 2. The summed E-state index contributed by atoms with van der Waals surface area (Å²) in [5, 5.41) is 3.14. The van der Waals surface area contributed by atoms with Crippen molar-refractivity contribution in [2.75, 3.05) is 80.5 Å². The first-order valence-electron chi connectivity index (χ1n) is 32.4. The minimum absolute atomic E-state index is 0. The van der Waals surface area contributed by atoms with E-state index in [2.05, 4.69) is 166 Å². The van der Waals surface area contributed by atoms with E-state index >= 15 is 0 Å². The topological polar surface area (TPSA) is 146 Å². The van der Waals surface area contributed by atoms with Gasteiger partial charge in [0.15, 0.2) is 46.3 Å². The van der Waals surface area contributed by atoms with E-state index in [-0.39, 0.29) is 31.9 Å². The average Bonchev–Trinajstić information content (AvgIpc) is 1.57. The van der Waals surface area contributed by atoms with Crippen LogP contribution in [0.15, 0.2) is 170 Å². The van der Waals surface area contributed by atoms with Crippen molar-refractivity contribution in [1.29, 1.82) is 0 Å². The molecule has 2 aliphatic heterocycles. The van der Waals surface area contributed by atoms with Gasteiger partial charge in [0.05, 0.1) is 80.5 Å². The summed E-state index contributed by atoms with van der Waals surface area (Å²) in [4.78, 5) is 39.7. The molecule has 94 heavy (non-hydrogen) atoms. The van der Waals surface area contributed by atoms with Crippen molar-refractivity contribution < 1.29 is 50.8 Å². The van der Waals surface area contributed by atoms with Gasteiger partial charge in [-0.2, -0.15) is 0 Å². The minimum atomic E-state index is 0. The van der Waals surface area contributed by atoms with Crippen molar-refractivity contribution >= 4 is 66.9 Å². The maximum Gasteiger partial charge on any atom is 2.00 e. The van der Waals surface area contributed by atoms with Gasteiger partial charge in [0.2, 0.25) is 0 Å². The quantitative estimate of drug-likeness (QED) is 0.0559. The fraction of sp³-hybridized carbons (Fsp3) is 0.263. The predicted molar refractivity (Wildman–Crippen MR) is 377 cm³/mol. The van der Waals surface area contributed by atoms with E-state index in [1.54, 1.807) is 0 Å². The monoisotopic (exact) mass is 1330 g/mol. The number of aromatic amines is 2. The molecule has 0 aliphatic carbocycles. The summed E-state index contributed by atoms with van der Waals surface area (Å²) in [6.45, 7) is 25.0. The van der Waals surface area contributed by atoms with Gasteiger partial charge < -0.3 is 41.3 Å². The smallest absolute Gasteiger partial charge is 1.00 e. The number of nitrogens with zero attached hydrogens (tertiary/aromatic N) is 10. The van der Waals surface area contributed by atoms with Crippen LogP contribution in [0.3, 0.4) is 0 Å². The van der Waals surface area contributed by atoms with E-state index in [1.165, 1.54) is 0 Å². The molecule has 0 atom stereocenters. The third-order valence-electron chi connectivity index (χ3n) is 20.0. The van der Waals surface area contributed by atoms with E-state index in [0.29, 0.717) is 114 Å². The molecule has 0 fully saturated rings. The maximum atomic E-state index is 7.12. The number of quaternary nitrogens is 4. The number of benzene rings is 8. The first-order chi connectivity index (χ1) is 44.5. The number of rotatable bonds is 20. The Labute approximate surface area is 569 Å². The molecule has 3 aromatic heterocycles. The van der Waals surface area contributed by atoms with Gasteiger partial charge in [0, 0.05) is 68.1 Å². The van der Waals surface area contributed by atoms with Gasteiger partial charge in [-0.05, 0) is 128 Å². The Morgan fingerprint density at radius 3 is 0.830 bits per heavy atom. The first-order valence-corrected chi connectivity index (χ1v) is 32.4. The number of hydrogen-bond acceptors (Lipinski definition) is 10. The van der Waals surface area contributed by atoms with Crippen LogP contribution >= 0.6 is 0 Å². The third kappa shape index (κ3) is 12.3. The van der Waals surface area contributed by atoms with Crippen LogP contribution in [0.25, 0.3) is 89.7 Å². The molecular weight excluding hydrogens is 1250 g/mol. The number of hydrogen-bond donors (Lipinski definition) is 2. The number of fused-ring (bicyclic) bond motifs is 20. The van der Waals surface area contributed by atoms with Gasteiger partial charge in [-0.15, -0.1) is 0 Å². The fourth-order valence-electron chi connectivity index (χ4n) is 12.4. The number of ether oxygens (including phenoxy) is 4. The Balaban J connectivity index is 0.00000451. The molecule has 0 amide bonds. The molecule has 11 aromatic rings. The van der Waals surface area contributed by atoms with Crippen molar-refractivity contribution in [1.82, 2.24) is 57.8 Å². The normalized spacial score (nSPS) is 12.2. The molecule has 2 aliphatic rings. The summed E-state index contributed by atoms with van der Waals surface area (Å²) in [6, 6.07) is 57.5. The average molecular weight is 1330 g/mol. The minimum Gasteiger partial charge on any atom is -1.00 e. The van der Waals surface area contributed by atoms with E-state index in [1.807, 2.05) is 97.1 Å². The number of halogens is 1. The molecule has 0 unspecified atom stereocenters. The Morgan fingerprint density at radius 1 is 0.287 bits per heavy atom. The van der Waals surface area contributed by atoms with Gasteiger partial charge in [0.25, 0.3) is 0 Å². The van der Waals surface area contributed by atoms with Gasteiger partial charge in [0.1, 0.15) is 68.3 Å². The largest absolute Gasteiger partial charge is 2.00 e. The second-order valence-electron chi connectivity index (χ2n) is 24.9. The second kappa shape index (κ2) is 26.8. The van der Waals surface area contributed by atoms with E-state index < -0.39 is 0 Å².